The average Bonchev–Trinajstić information content (AvgIpc) is 3.04. The summed E-state index contributed by atoms with van der Waals surface area (Å²) in [5, 5.41) is 0.115. The lowest BCUT2D eigenvalue weighted by Gasteiger charge is -2.19. The predicted octanol–water partition coefficient (Wildman–Crippen LogP) is 4.85. The van der Waals surface area contributed by atoms with Crippen LogP contribution in [0.15, 0.2) is 56.7 Å². The summed E-state index contributed by atoms with van der Waals surface area (Å²) in [6.45, 7) is 1.49. The third-order valence-electron chi connectivity index (χ3n) is 5.50. The normalized spacial score (nSPS) is 17.5. The zero-order valence-electron chi connectivity index (χ0n) is 16.7. The lowest BCUT2D eigenvalue weighted by molar-refractivity contribution is -0.115. The molecule has 2 aromatic rings. The van der Waals surface area contributed by atoms with Gasteiger partial charge in [0.25, 0.3) is 0 Å². The van der Waals surface area contributed by atoms with Gasteiger partial charge in [-0.25, -0.2) is 8.42 Å². The first-order valence-corrected chi connectivity index (χ1v) is 12.7. The number of carbonyl (C=O) groups excluding carboxylic acids is 3. The quantitative estimate of drug-likeness (QED) is 0.454. The fourth-order valence-corrected chi connectivity index (χ4v) is 6.91. The Balaban J connectivity index is 1.73. The SMILES string of the molecule is CC(=O)c1ccc(SC2=C(C(=O)c3ccc4c(c3Cl)CCS4(=O)=O)C(=O)CCC2)cc1. The summed E-state index contributed by atoms with van der Waals surface area (Å²) in [4.78, 5) is 39.2. The van der Waals surface area contributed by atoms with E-state index in [9.17, 15) is 22.8 Å². The maximum Gasteiger partial charge on any atom is 0.198 e. The van der Waals surface area contributed by atoms with Crippen LogP contribution in [0.25, 0.3) is 0 Å². The lowest BCUT2D eigenvalue weighted by atomic mass is 9.91. The lowest BCUT2D eigenvalue weighted by Crippen LogP contribution is -2.19. The highest BCUT2D eigenvalue weighted by atomic mass is 35.5. The van der Waals surface area contributed by atoms with E-state index in [1.807, 2.05) is 0 Å². The van der Waals surface area contributed by atoms with Gasteiger partial charge in [0.15, 0.2) is 27.2 Å². The Bertz CT molecular complexity index is 1260. The molecular formula is C23H19ClO5S2. The van der Waals surface area contributed by atoms with E-state index in [0.717, 1.165) is 4.90 Å². The Kier molecular flexibility index (Phi) is 5.94. The number of rotatable bonds is 5. The molecule has 0 spiro atoms. The van der Waals surface area contributed by atoms with Gasteiger partial charge in [-0.2, -0.15) is 0 Å². The van der Waals surface area contributed by atoms with Gasteiger partial charge < -0.3 is 0 Å². The summed E-state index contributed by atoms with van der Waals surface area (Å²) in [6.07, 6.45) is 1.78. The van der Waals surface area contributed by atoms with E-state index in [2.05, 4.69) is 0 Å². The fraction of sp³-hybridized carbons (Fsp3) is 0.261. The number of benzene rings is 2. The van der Waals surface area contributed by atoms with Crippen LogP contribution in [0.1, 0.15) is 52.5 Å². The molecule has 1 aliphatic heterocycles. The Morgan fingerprint density at radius 1 is 1.00 bits per heavy atom. The molecule has 1 heterocycles. The minimum Gasteiger partial charge on any atom is -0.295 e. The number of allylic oxidation sites excluding steroid dienone is 2. The minimum absolute atomic E-state index is 0.0291. The summed E-state index contributed by atoms with van der Waals surface area (Å²) < 4.78 is 24.3. The molecule has 2 aliphatic rings. The van der Waals surface area contributed by atoms with Crippen molar-refractivity contribution in [1.82, 2.24) is 0 Å². The van der Waals surface area contributed by atoms with Crippen LogP contribution >= 0.6 is 23.4 Å². The Morgan fingerprint density at radius 3 is 2.39 bits per heavy atom. The van der Waals surface area contributed by atoms with Gasteiger partial charge in [-0.05, 0) is 56.0 Å². The number of thioether (sulfide) groups is 1. The molecule has 1 aliphatic carbocycles. The van der Waals surface area contributed by atoms with Crippen LogP contribution in [0, 0.1) is 0 Å². The molecule has 4 rings (SSSR count). The van der Waals surface area contributed by atoms with Crippen molar-refractivity contribution in [2.75, 3.05) is 5.75 Å². The van der Waals surface area contributed by atoms with Gasteiger partial charge in [-0.1, -0.05) is 35.5 Å². The largest absolute Gasteiger partial charge is 0.295 e. The van der Waals surface area contributed by atoms with Gasteiger partial charge in [0.1, 0.15) is 0 Å². The van der Waals surface area contributed by atoms with Crippen LogP contribution in [-0.4, -0.2) is 31.5 Å². The number of ketones is 3. The Labute approximate surface area is 189 Å². The first kappa shape index (κ1) is 22.0. The van der Waals surface area contributed by atoms with Gasteiger partial charge in [0.05, 0.1) is 21.2 Å². The van der Waals surface area contributed by atoms with Crippen molar-refractivity contribution in [3.05, 3.63) is 68.6 Å². The zero-order valence-corrected chi connectivity index (χ0v) is 19.1. The maximum absolute atomic E-state index is 13.4. The van der Waals surface area contributed by atoms with Gasteiger partial charge in [-0.3, -0.25) is 14.4 Å². The number of fused-ring (bicyclic) bond motifs is 1. The van der Waals surface area contributed by atoms with Crippen LogP contribution < -0.4 is 0 Å². The molecular weight excluding hydrogens is 456 g/mol. The molecule has 0 aromatic heterocycles. The van der Waals surface area contributed by atoms with Gasteiger partial charge in [0, 0.05) is 27.3 Å². The molecule has 0 amide bonds. The number of carbonyl (C=O) groups is 3. The van der Waals surface area contributed by atoms with Crippen molar-refractivity contribution >= 4 is 50.5 Å². The van der Waals surface area contributed by atoms with E-state index in [-0.39, 0.29) is 51.2 Å². The number of hydrogen-bond acceptors (Lipinski definition) is 6. The van der Waals surface area contributed by atoms with Gasteiger partial charge in [0.2, 0.25) is 0 Å². The topological polar surface area (TPSA) is 85.3 Å². The second-order valence-corrected chi connectivity index (χ2v) is 11.2. The van der Waals surface area contributed by atoms with Crippen molar-refractivity contribution in [3.63, 3.8) is 0 Å². The molecule has 8 heteroatoms. The third kappa shape index (κ3) is 4.14. The summed E-state index contributed by atoms with van der Waals surface area (Å²) in [5.41, 5.74) is 1.32. The molecule has 160 valence electrons. The van der Waals surface area contributed by atoms with Crippen LogP contribution in [0.4, 0.5) is 0 Å². The van der Waals surface area contributed by atoms with Gasteiger partial charge >= 0.3 is 0 Å². The highest BCUT2D eigenvalue weighted by Crippen LogP contribution is 2.40. The summed E-state index contributed by atoms with van der Waals surface area (Å²) >= 11 is 7.78. The molecule has 0 radical (unpaired) electrons. The molecule has 5 nitrogen and oxygen atoms in total. The second-order valence-electron chi connectivity index (χ2n) is 7.56. The van der Waals surface area contributed by atoms with Crippen molar-refractivity contribution in [2.45, 2.75) is 42.4 Å². The molecule has 0 unspecified atom stereocenters. The molecule has 0 saturated heterocycles. The predicted molar refractivity (Wildman–Crippen MR) is 120 cm³/mol. The molecule has 2 aromatic carbocycles. The molecule has 31 heavy (non-hydrogen) atoms. The Hall–Kier alpha value is -2.22. The van der Waals surface area contributed by atoms with E-state index in [1.54, 1.807) is 24.3 Å². The number of halogens is 1. The van der Waals surface area contributed by atoms with E-state index < -0.39 is 15.6 Å². The summed E-state index contributed by atoms with van der Waals surface area (Å²) in [7, 11) is -3.37. The highest BCUT2D eigenvalue weighted by molar-refractivity contribution is 8.03. The van der Waals surface area contributed by atoms with Crippen molar-refractivity contribution in [3.8, 4) is 0 Å². The van der Waals surface area contributed by atoms with Crippen LogP contribution in [0.5, 0.6) is 0 Å². The van der Waals surface area contributed by atoms with E-state index in [0.29, 0.717) is 28.9 Å². The van der Waals surface area contributed by atoms with Crippen molar-refractivity contribution in [1.29, 1.82) is 0 Å². The highest BCUT2D eigenvalue weighted by Gasteiger charge is 2.33. The molecule has 0 N–H and O–H groups in total. The van der Waals surface area contributed by atoms with E-state index in [1.165, 1.54) is 30.8 Å². The van der Waals surface area contributed by atoms with Gasteiger partial charge in [-0.15, -0.1) is 0 Å². The van der Waals surface area contributed by atoms with Crippen LogP contribution in [0.2, 0.25) is 5.02 Å². The number of Topliss-reactive ketones (excluding diaryl/α,β-unsaturated/α-hetero) is 3. The van der Waals surface area contributed by atoms with E-state index >= 15 is 0 Å². The van der Waals surface area contributed by atoms with E-state index in [4.69, 9.17) is 11.6 Å². The minimum atomic E-state index is -3.37. The van der Waals surface area contributed by atoms with Crippen molar-refractivity contribution < 1.29 is 22.8 Å². The standard InChI is InChI=1S/C23H19ClO5S2/c1-13(25)14-5-7-15(8-6-14)30-19-4-2-3-18(26)21(19)23(27)17-9-10-20-16(22(17)24)11-12-31(20,28)29/h5-10H,2-4,11-12H2,1H3. The maximum atomic E-state index is 13.4. The van der Waals surface area contributed by atoms with Crippen LogP contribution in [-0.2, 0) is 21.1 Å². The monoisotopic (exact) mass is 474 g/mol. The Morgan fingerprint density at radius 2 is 1.71 bits per heavy atom. The molecule has 0 bridgehead atoms. The van der Waals surface area contributed by atoms with Crippen molar-refractivity contribution in [2.24, 2.45) is 0 Å². The zero-order chi connectivity index (χ0) is 22.3. The first-order chi connectivity index (χ1) is 14.7. The first-order valence-electron chi connectivity index (χ1n) is 9.83. The number of hydrogen-bond donors (Lipinski definition) is 0. The fourth-order valence-electron chi connectivity index (χ4n) is 3.85. The molecule has 0 saturated carbocycles. The number of sulfone groups is 1. The second kappa shape index (κ2) is 8.37. The molecule has 0 atom stereocenters. The smallest absolute Gasteiger partial charge is 0.198 e. The summed E-state index contributed by atoms with van der Waals surface area (Å²) in [5.74, 6) is -0.765. The average molecular weight is 475 g/mol. The summed E-state index contributed by atoms with van der Waals surface area (Å²) in [6, 6.07) is 9.85. The van der Waals surface area contributed by atoms with Crippen LogP contribution in [0.3, 0.4) is 0 Å². The molecule has 0 fully saturated rings. The third-order valence-corrected chi connectivity index (χ3v) is 8.88.